The fraction of sp³-hybridized carbons (Fsp3) is 0.308. The number of hydrogen-bond donors (Lipinski definition) is 2. The van der Waals surface area contributed by atoms with Gasteiger partial charge in [0.1, 0.15) is 0 Å². The van der Waals surface area contributed by atoms with Gasteiger partial charge in [0, 0.05) is 5.56 Å². The van der Waals surface area contributed by atoms with Crippen LogP contribution in [0.25, 0.3) is 11.0 Å². The molecule has 9 heteroatoms. The van der Waals surface area contributed by atoms with Crippen LogP contribution in [-0.4, -0.2) is 41.7 Å². The molecule has 8 nitrogen and oxygen atoms in total. The minimum atomic E-state index is -0.280. The van der Waals surface area contributed by atoms with Crippen LogP contribution in [0.4, 0.5) is 0 Å². The fourth-order valence-electron chi connectivity index (χ4n) is 2.25. The van der Waals surface area contributed by atoms with Crippen molar-refractivity contribution in [3.8, 4) is 0 Å². The number of rotatable bonds is 5. The van der Waals surface area contributed by atoms with Gasteiger partial charge >= 0.3 is 5.69 Å². The third kappa shape index (κ3) is 2.43. The van der Waals surface area contributed by atoms with Crippen molar-refractivity contribution in [2.24, 2.45) is 0 Å². The lowest BCUT2D eigenvalue weighted by Crippen LogP contribution is -2.05. The predicted octanol–water partition coefficient (Wildman–Crippen LogP) is 1.15. The summed E-state index contributed by atoms with van der Waals surface area (Å²) in [5.41, 5.74) is 1.59. The Morgan fingerprint density at radius 1 is 1.32 bits per heavy atom. The Balaban J connectivity index is 1.50. The number of imidazole rings is 1. The zero-order valence-corrected chi connectivity index (χ0v) is 12.3. The maximum atomic E-state index is 12.3. The minimum Gasteiger partial charge on any atom is -0.306 e. The molecular weight excluding hydrogens is 304 g/mol. The summed E-state index contributed by atoms with van der Waals surface area (Å²) >= 11 is 1.33. The Bertz CT molecular complexity index is 907. The third-order valence-electron chi connectivity index (χ3n) is 3.53. The molecule has 1 aliphatic rings. The van der Waals surface area contributed by atoms with Crippen LogP contribution in [0.2, 0.25) is 0 Å². The van der Waals surface area contributed by atoms with Gasteiger partial charge in [0.25, 0.3) is 0 Å². The highest BCUT2D eigenvalue weighted by Gasteiger charge is 2.28. The molecule has 2 N–H and O–H groups in total. The number of thioether (sulfide) groups is 1. The van der Waals surface area contributed by atoms with Crippen LogP contribution in [0.15, 0.2) is 28.2 Å². The smallest absolute Gasteiger partial charge is 0.306 e. The summed E-state index contributed by atoms with van der Waals surface area (Å²) in [4.78, 5) is 28.8. The number of ketones is 1. The number of aromatic amines is 2. The van der Waals surface area contributed by atoms with E-state index in [1.165, 1.54) is 11.8 Å². The van der Waals surface area contributed by atoms with Gasteiger partial charge in [0.15, 0.2) is 5.78 Å². The van der Waals surface area contributed by atoms with Gasteiger partial charge in [-0.25, -0.2) is 9.48 Å². The van der Waals surface area contributed by atoms with Gasteiger partial charge in [-0.05, 0) is 41.5 Å². The van der Waals surface area contributed by atoms with E-state index >= 15 is 0 Å². The maximum Gasteiger partial charge on any atom is 0.323 e. The Kier molecular flexibility index (Phi) is 3.07. The van der Waals surface area contributed by atoms with E-state index < -0.39 is 0 Å². The molecule has 3 aromatic rings. The van der Waals surface area contributed by atoms with E-state index in [1.54, 1.807) is 22.9 Å². The lowest BCUT2D eigenvalue weighted by molar-refractivity contribution is 0.102. The predicted molar refractivity (Wildman–Crippen MR) is 80.1 cm³/mol. The number of hydrogen-bond acceptors (Lipinski definition) is 6. The molecule has 0 amide bonds. The number of carbonyl (C=O) groups excluding carboxylic acids is 1. The summed E-state index contributed by atoms with van der Waals surface area (Å²) < 4.78 is 1.78. The van der Waals surface area contributed by atoms with Gasteiger partial charge in [-0.1, -0.05) is 11.8 Å². The number of aromatic nitrogens is 6. The monoisotopic (exact) mass is 316 g/mol. The Labute approximate surface area is 128 Å². The van der Waals surface area contributed by atoms with Crippen molar-refractivity contribution in [3.05, 3.63) is 34.2 Å². The van der Waals surface area contributed by atoms with E-state index in [2.05, 4.69) is 25.5 Å². The molecule has 2 heterocycles. The molecule has 1 aromatic carbocycles. The van der Waals surface area contributed by atoms with Gasteiger partial charge in [-0.3, -0.25) is 4.79 Å². The molecule has 2 aromatic heterocycles. The molecule has 22 heavy (non-hydrogen) atoms. The van der Waals surface area contributed by atoms with E-state index in [1.807, 2.05) is 0 Å². The zero-order chi connectivity index (χ0) is 15.1. The van der Waals surface area contributed by atoms with Crippen molar-refractivity contribution in [3.63, 3.8) is 0 Å². The van der Waals surface area contributed by atoms with E-state index in [9.17, 15) is 9.59 Å². The van der Waals surface area contributed by atoms with Crippen LogP contribution < -0.4 is 5.69 Å². The molecule has 4 rings (SSSR count). The molecule has 1 saturated carbocycles. The van der Waals surface area contributed by atoms with E-state index in [4.69, 9.17) is 0 Å². The Hall–Kier alpha value is -2.42. The summed E-state index contributed by atoms with van der Waals surface area (Å²) in [5, 5.41) is 12.2. The second-order valence-corrected chi connectivity index (χ2v) is 6.13. The van der Waals surface area contributed by atoms with Crippen molar-refractivity contribution < 1.29 is 4.79 Å². The highest BCUT2D eigenvalue weighted by Crippen LogP contribution is 2.36. The number of tetrazole rings is 1. The van der Waals surface area contributed by atoms with Crippen LogP contribution in [0.5, 0.6) is 0 Å². The number of carbonyl (C=O) groups is 1. The highest BCUT2D eigenvalue weighted by molar-refractivity contribution is 7.99. The number of nitrogens with zero attached hydrogens (tertiary/aromatic N) is 4. The summed E-state index contributed by atoms with van der Waals surface area (Å²) in [6.45, 7) is 0. The second kappa shape index (κ2) is 5.09. The molecular formula is C13H12N6O2S. The van der Waals surface area contributed by atoms with Gasteiger partial charge in [0.2, 0.25) is 5.16 Å². The first-order valence-corrected chi connectivity index (χ1v) is 7.85. The second-order valence-electron chi connectivity index (χ2n) is 5.19. The first-order chi connectivity index (χ1) is 10.7. The number of H-pyrrole nitrogens is 2. The summed E-state index contributed by atoms with van der Waals surface area (Å²) in [7, 11) is 0. The average Bonchev–Trinajstić information content (AvgIpc) is 3.12. The van der Waals surface area contributed by atoms with Gasteiger partial charge in [-0.15, -0.1) is 5.10 Å². The lowest BCUT2D eigenvalue weighted by atomic mass is 10.1. The number of Topliss-reactive ketones (excluding diaryl/α,β-unsaturated/α-hetero) is 1. The van der Waals surface area contributed by atoms with Crippen molar-refractivity contribution in [2.75, 3.05) is 5.75 Å². The minimum absolute atomic E-state index is 0.0284. The largest absolute Gasteiger partial charge is 0.323 e. The summed E-state index contributed by atoms with van der Waals surface area (Å²) in [5.74, 6) is 0.229. The van der Waals surface area contributed by atoms with E-state index in [0.717, 1.165) is 12.8 Å². The topological polar surface area (TPSA) is 109 Å². The molecule has 0 atom stereocenters. The fourth-order valence-corrected chi connectivity index (χ4v) is 3.09. The molecule has 1 fully saturated rings. The number of benzene rings is 1. The molecule has 112 valence electrons. The third-order valence-corrected chi connectivity index (χ3v) is 4.46. The Morgan fingerprint density at radius 3 is 2.95 bits per heavy atom. The molecule has 1 aliphatic carbocycles. The number of fused-ring (bicyclic) bond motifs is 1. The van der Waals surface area contributed by atoms with Gasteiger partial charge in [0.05, 0.1) is 22.8 Å². The first-order valence-electron chi connectivity index (χ1n) is 6.86. The van der Waals surface area contributed by atoms with Crippen LogP contribution in [0, 0.1) is 0 Å². The molecule has 0 spiro atoms. The molecule has 0 radical (unpaired) electrons. The van der Waals surface area contributed by atoms with E-state index in [0.29, 0.717) is 27.8 Å². The molecule has 0 aliphatic heterocycles. The van der Waals surface area contributed by atoms with Crippen molar-refractivity contribution in [1.29, 1.82) is 0 Å². The summed E-state index contributed by atoms with van der Waals surface area (Å²) in [6, 6.07) is 5.49. The lowest BCUT2D eigenvalue weighted by Gasteiger charge is -2.02. The maximum absolute atomic E-state index is 12.3. The standard InChI is InChI=1S/C13H12N6O2S/c20-11(6-22-13-16-17-18-19(13)8-2-3-8)7-1-4-9-10(5-7)15-12(21)14-9/h1,4-5,8H,2-3,6H2,(H2,14,15,21). The average molecular weight is 316 g/mol. The Morgan fingerprint density at radius 2 is 2.14 bits per heavy atom. The van der Waals surface area contributed by atoms with Crippen LogP contribution in [0.3, 0.4) is 0 Å². The summed E-state index contributed by atoms with van der Waals surface area (Å²) in [6.07, 6.45) is 2.17. The quantitative estimate of drug-likeness (QED) is 0.540. The van der Waals surface area contributed by atoms with Crippen molar-refractivity contribution in [1.82, 2.24) is 30.2 Å². The SMILES string of the molecule is O=C(CSc1nnnn1C1CC1)c1ccc2[nH]c(=O)[nH]c2c1. The van der Waals surface area contributed by atoms with Crippen molar-refractivity contribution >= 4 is 28.6 Å². The molecule has 0 bridgehead atoms. The van der Waals surface area contributed by atoms with Gasteiger partial charge < -0.3 is 9.97 Å². The number of nitrogens with one attached hydrogen (secondary N) is 2. The zero-order valence-electron chi connectivity index (χ0n) is 11.4. The first kappa shape index (κ1) is 13.3. The highest BCUT2D eigenvalue weighted by atomic mass is 32.2. The normalized spacial score (nSPS) is 14.5. The van der Waals surface area contributed by atoms with Crippen molar-refractivity contribution in [2.45, 2.75) is 24.0 Å². The van der Waals surface area contributed by atoms with E-state index in [-0.39, 0.29) is 17.2 Å². The van der Waals surface area contributed by atoms with Crippen LogP contribution >= 0.6 is 11.8 Å². The van der Waals surface area contributed by atoms with Crippen LogP contribution in [0.1, 0.15) is 29.2 Å². The molecule has 0 unspecified atom stereocenters. The van der Waals surface area contributed by atoms with Gasteiger partial charge in [-0.2, -0.15) is 0 Å². The van der Waals surface area contributed by atoms with Crippen LogP contribution in [-0.2, 0) is 0 Å². The molecule has 0 saturated heterocycles.